The van der Waals surface area contributed by atoms with E-state index in [1.807, 2.05) is 18.2 Å². The summed E-state index contributed by atoms with van der Waals surface area (Å²) in [6.45, 7) is 0. The maximum atomic E-state index is 8.68. The van der Waals surface area contributed by atoms with E-state index in [9.17, 15) is 0 Å². The number of hydrogen-bond donors (Lipinski definition) is 0. The van der Waals surface area contributed by atoms with Crippen molar-refractivity contribution in [2.75, 3.05) is 0 Å². The summed E-state index contributed by atoms with van der Waals surface area (Å²) in [6.07, 6.45) is -0.259. The highest BCUT2D eigenvalue weighted by Crippen LogP contribution is 2.38. The van der Waals surface area contributed by atoms with Crippen LogP contribution >= 0.6 is 0 Å². The van der Waals surface area contributed by atoms with Crippen molar-refractivity contribution >= 4 is 10.8 Å². The summed E-state index contributed by atoms with van der Waals surface area (Å²) in [5.74, 6) is 0. The first kappa shape index (κ1) is 8.46. The largest absolute Gasteiger partial charge is 0.348 e. The lowest BCUT2D eigenvalue weighted by molar-refractivity contribution is 0.396. The van der Waals surface area contributed by atoms with E-state index in [-0.39, 0.29) is 12.2 Å². The number of hydrogen-bond acceptors (Lipinski definition) is 2. The van der Waals surface area contributed by atoms with Crippen molar-refractivity contribution in [2.24, 2.45) is 0 Å². The molecular formula is C13H9NO. The summed E-state index contributed by atoms with van der Waals surface area (Å²) in [6, 6.07) is 16.5. The SMILES string of the molecule is N#C[C@H]1O[C@H]1c1ccc2ccccc2c1. The Bertz CT molecular complexity index is 556. The van der Waals surface area contributed by atoms with Gasteiger partial charge in [-0.05, 0) is 22.4 Å². The number of nitrogens with zero attached hydrogens (tertiary/aromatic N) is 1. The molecule has 72 valence electrons. The molecule has 0 spiro atoms. The van der Waals surface area contributed by atoms with E-state index in [1.165, 1.54) is 10.8 Å². The van der Waals surface area contributed by atoms with Crippen LogP contribution in [0.15, 0.2) is 42.5 Å². The fraction of sp³-hybridized carbons (Fsp3) is 0.154. The molecule has 1 aliphatic rings. The highest BCUT2D eigenvalue weighted by Gasteiger charge is 2.40. The van der Waals surface area contributed by atoms with E-state index in [0.29, 0.717) is 0 Å². The molecule has 2 aromatic carbocycles. The van der Waals surface area contributed by atoms with Gasteiger partial charge in [-0.1, -0.05) is 36.4 Å². The zero-order valence-corrected chi connectivity index (χ0v) is 8.05. The van der Waals surface area contributed by atoms with Crippen LogP contribution in [0.3, 0.4) is 0 Å². The van der Waals surface area contributed by atoms with Gasteiger partial charge in [-0.3, -0.25) is 0 Å². The number of nitriles is 1. The summed E-state index contributed by atoms with van der Waals surface area (Å²) in [4.78, 5) is 0. The van der Waals surface area contributed by atoms with Gasteiger partial charge in [-0.15, -0.1) is 0 Å². The van der Waals surface area contributed by atoms with Crippen LogP contribution in [0.2, 0.25) is 0 Å². The van der Waals surface area contributed by atoms with Gasteiger partial charge in [0.05, 0.1) is 6.07 Å². The molecule has 2 heteroatoms. The molecule has 2 nitrogen and oxygen atoms in total. The van der Waals surface area contributed by atoms with E-state index in [2.05, 4.69) is 30.3 Å². The molecule has 0 bridgehead atoms. The van der Waals surface area contributed by atoms with Gasteiger partial charge in [-0.25, -0.2) is 0 Å². The normalized spacial score (nSPS) is 23.7. The second-order valence-electron chi connectivity index (χ2n) is 3.71. The van der Waals surface area contributed by atoms with Crippen molar-refractivity contribution in [1.82, 2.24) is 0 Å². The summed E-state index contributed by atoms with van der Waals surface area (Å²) in [7, 11) is 0. The van der Waals surface area contributed by atoms with Gasteiger partial charge in [0.25, 0.3) is 0 Å². The summed E-state index contributed by atoms with van der Waals surface area (Å²) < 4.78 is 5.24. The van der Waals surface area contributed by atoms with E-state index in [4.69, 9.17) is 10.00 Å². The van der Waals surface area contributed by atoms with Crippen LogP contribution in [0.1, 0.15) is 11.7 Å². The van der Waals surface area contributed by atoms with E-state index in [1.54, 1.807) is 0 Å². The van der Waals surface area contributed by atoms with Gasteiger partial charge in [0, 0.05) is 0 Å². The highest BCUT2D eigenvalue weighted by atomic mass is 16.6. The lowest BCUT2D eigenvalue weighted by Gasteiger charge is -1.99. The Labute approximate surface area is 87.7 Å². The quantitative estimate of drug-likeness (QED) is 0.656. The van der Waals surface area contributed by atoms with Crippen LogP contribution in [-0.2, 0) is 4.74 Å². The first-order chi connectivity index (χ1) is 7.38. The molecule has 1 fully saturated rings. The fourth-order valence-corrected chi connectivity index (χ4v) is 1.85. The number of rotatable bonds is 1. The van der Waals surface area contributed by atoms with E-state index >= 15 is 0 Å². The van der Waals surface area contributed by atoms with Crippen LogP contribution in [0.25, 0.3) is 10.8 Å². The zero-order valence-electron chi connectivity index (χ0n) is 8.05. The van der Waals surface area contributed by atoms with Gasteiger partial charge in [0.2, 0.25) is 0 Å². The number of fused-ring (bicyclic) bond motifs is 1. The molecule has 15 heavy (non-hydrogen) atoms. The second kappa shape index (κ2) is 3.08. The molecular weight excluding hydrogens is 186 g/mol. The Morgan fingerprint density at radius 1 is 1.07 bits per heavy atom. The molecule has 1 aliphatic heterocycles. The predicted octanol–water partition coefficient (Wildman–Crippen LogP) is 2.80. The van der Waals surface area contributed by atoms with E-state index < -0.39 is 0 Å². The van der Waals surface area contributed by atoms with Crippen molar-refractivity contribution in [3.63, 3.8) is 0 Å². The first-order valence-corrected chi connectivity index (χ1v) is 4.92. The Balaban J connectivity index is 2.05. The average molecular weight is 195 g/mol. The van der Waals surface area contributed by atoms with Crippen LogP contribution in [0.4, 0.5) is 0 Å². The summed E-state index contributed by atoms with van der Waals surface area (Å²) in [5.41, 5.74) is 1.10. The average Bonchev–Trinajstić information content (AvgIpc) is 3.08. The molecule has 2 atom stereocenters. The van der Waals surface area contributed by atoms with Crippen molar-refractivity contribution in [3.8, 4) is 6.07 Å². The summed E-state index contributed by atoms with van der Waals surface area (Å²) in [5, 5.41) is 11.1. The van der Waals surface area contributed by atoms with Crippen molar-refractivity contribution < 1.29 is 4.74 Å². The lowest BCUT2D eigenvalue weighted by Crippen LogP contribution is -1.84. The molecule has 0 unspecified atom stereocenters. The first-order valence-electron chi connectivity index (χ1n) is 4.92. The van der Waals surface area contributed by atoms with Gasteiger partial charge < -0.3 is 4.74 Å². The minimum absolute atomic E-state index is 0.0143. The molecule has 2 aromatic rings. The number of benzene rings is 2. The molecule has 0 aliphatic carbocycles. The second-order valence-corrected chi connectivity index (χ2v) is 3.71. The predicted molar refractivity (Wildman–Crippen MR) is 57.2 cm³/mol. The molecule has 0 amide bonds. The van der Waals surface area contributed by atoms with Crippen molar-refractivity contribution in [1.29, 1.82) is 5.26 Å². The lowest BCUT2D eigenvalue weighted by atomic mass is 10.0. The maximum absolute atomic E-state index is 8.68. The van der Waals surface area contributed by atoms with Gasteiger partial charge in [0.1, 0.15) is 6.10 Å². The molecule has 1 saturated heterocycles. The van der Waals surface area contributed by atoms with Crippen LogP contribution in [0, 0.1) is 11.3 Å². The minimum Gasteiger partial charge on any atom is -0.348 e. The Morgan fingerprint density at radius 2 is 1.87 bits per heavy atom. The molecule has 0 saturated carbocycles. The third-order valence-electron chi connectivity index (χ3n) is 2.72. The van der Waals surface area contributed by atoms with Crippen molar-refractivity contribution in [3.05, 3.63) is 48.0 Å². The monoisotopic (exact) mass is 195 g/mol. The fourth-order valence-electron chi connectivity index (χ4n) is 1.85. The number of epoxide rings is 1. The molecule has 1 heterocycles. The van der Waals surface area contributed by atoms with Gasteiger partial charge in [0.15, 0.2) is 6.10 Å². The van der Waals surface area contributed by atoms with Crippen LogP contribution in [0.5, 0.6) is 0 Å². The third-order valence-corrected chi connectivity index (χ3v) is 2.72. The van der Waals surface area contributed by atoms with Crippen molar-refractivity contribution in [2.45, 2.75) is 12.2 Å². The molecule has 3 rings (SSSR count). The standard InChI is InChI=1S/C13H9NO/c14-8-12-13(15-12)11-6-5-9-3-1-2-4-10(9)7-11/h1-7,12-13H/t12-,13+/m1/s1. The Kier molecular flexibility index (Phi) is 1.74. The molecule has 0 N–H and O–H groups in total. The summed E-state index contributed by atoms with van der Waals surface area (Å²) >= 11 is 0. The smallest absolute Gasteiger partial charge is 0.175 e. The third kappa shape index (κ3) is 1.38. The van der Waals surface area contributed by atoms with Gasteiger partial charge >= 0.3 is 0 Å². The molecule has 0 aromatic heterocycles. The Hall–Kier alpha value is -1.85. The zero-order chi connectivity index (χ0) is 10.3. The molecule has 0 radical (unpaired) electrons. The minimum atomic E-state index is -0.244. The topological polar surface area (TPSA) is 36.3 Å². The number of ether oxygens (including phenoxy) is 1. The Morgan fingerprint density at radius 3 is 2.60 bits per heavy atom. The van der Waals surface area contributed by atoms with E-state index in [0.717, 1.165) is 5.56 Å². The maximum Gasteiger partial charge on any atom is 0.175 e. The van der Waals surface area contributed by atoms with Crippen LogP contribution < -0.4 is 0 Å². The highest BCUT2D eigenvalue weighted by molar-refractivity contribution is 5.83. The van der Waals surface area contributed by atoms with Gasteiger partial charge in [-0.2, -0.15) is 5.26 Å². The van der Waals surface area contributed by atoms with Crippen LogP contribution in [-0.4, -0.2) is 6.10 Å².